The molecule has 3 aromatic carbocycles. The molecule has 0 radical (unpaired) electrons. The van der Waals surface area contributed by atoms with E-state index >= 15 is 0 Å². The largest absolute Gasteiger partial charge is 0.325 e. The summed E-state index contributed by atoms with van der Waals surface area (Å²) in [6, 6.07) is 16.5. The maximum Gasteiger partial charge on any atom is 0.225 e. The van der Waals surface area contributed by atoms with E-state index in [0.717, 1.165) is 26.5 Å². The molecule has 2 nitrogen and oxygen atoms in total. The van der Waals surface area contributed by atoms with Crippen LogP contribution in [0.1, 0.15) is 23.5 Å². The van der Waals surface area contributed by atoms with Gasteiger partial charge in [0.25, 0.3) is 0 Å². The van der Waals surface area contributed by atoms with Crippen molar-refractivity contribution in [2.75, 3.05) is 5.32 Å². The standard InChI is InChI=1S/C19H13BrFNO/c20-16-9-15-14(12-6-3-4-8-17(12)21)10-18(23)22-19(15)13-7-2-1-5-11(13)16/h1-9,14H,10H2,(H,22,23)/t14-/m0/s1. The van der Waals surface area contributed by atoms with Crippen molar-refractivity contribution in [2.45, 2.75) is 12.3 Å². The van der Waals surface area contributed by atoms with Gasteiger partial charge in [-0.1, -0.05) is 58.4 Å². The summed E-state index contributed by atoms with van der Waals surface area (Å²) in [4.78, 5) is 12.2. The lowest BCUT2D eigenvalue weighted by atomic mass is 9.83. The molecule has 3 aromatic rings. The Balaban J connectivity index is 2.01. The molecule has 1 heterocycles. The number of rotatable bonds is 1. The molecule has 23 heavy (non-hydrogen) atoms. The Morgan fingerprint density at radius 2 is 1.70 bits per heavy atom. The van der Waals surface area contributed by atoms with E-state index in [0.29, 0.717) is 5.56 Å². The number of fused-ring (bicyclic) bond motifs is 3. The Kier molecular flexibility index (Phi) is 3.42. The number of carbonyl (C=O) groups excluding carboxylic acids is 1. The van der Waals surface area contributed by atoms with Crippen LogP contribution in [0, 0.1) is 5.82 Å². The van der Waals surface area contributed by atoms with Gasteiger partial charge in [-0.2, -0.15) is 0 Å². The van der Waals surface area contributed by atoms with Crippen molar-refractivity contribution in [1.29, 1.82) is 0 Å². The van der Waals surface area contributed by atoms with Gasteiger partial charge in [0.15, 0.2) is 0 Å². The van der Waals surface area contributed by atoms with E-state index in [2.05, 4.69) is 21.2 Å². The second-order valence-corrected chi connectivity index (χ2v) is 6.55. The quantitative estimate of drug-likeness (QED) is 0.626. The second-order valence-electron chi connectivity index (χ2n) is 5.69. The minimum atomic E-state index is -0.277. The maximum atomic E-state index is 14.3. The highest BCUT2D eigenvalue weighted by Crippen LogP contribution is 2.43. The van der Waals surface area contributed by atoms with Gasteiger partial charge in [0.2, 0.25) is 5.91 Å². The van der Waals surface area contributed by atoms with E-state index in [9.17, 15) is 9.18 Å². The summed E-state index contributed by atoms with van der Waals surface area (Å²) in [5, 5.41) is 4.96. The summed E-state index contributed by atoms with van der Waals surface area (Å²) in [5.74, 6) is -0.637. The first-order valence-corrected chi connectivity index (χ1v) is 8.20. The zero-order valence-electron chi connectivity index (χ0n) is 12.1. The topological polar surface area (TPSA) is 29.1 Å². The van der Waals surface area contributed by atoms with Crippen molar-refractivity contribution >= 4 is 38.3 Å². The fourth-order valence-corrected chi connectivity index (χ4v) is 3.88. The summed E-state index contributed by atoms with van der Waals surface area (Å²) >= 11 is 3.60. The highest BCUT2D eigenvalue weighted by Gasteiger charge is 2.30. The Morgan fingerprint density at radius 1 is 1.00 bits per heavy atom. The molecule has 1 N–H and O–H groups in total. The summed E-state index contributed by atoms with van der Waals surface area (Å²) in [6.45, 7) is 0. The first-order valence-electron chi connectivity index (χ1n) is 7.40. The van der Waals surface area contributed by atoms with E-state index in [-0.39, 0.29) is 24.1 Å². The van der Waals surface area contributed by atoms with Crippen molar-refractivity contribution in [3.63, 3.8) is 0 Å². The molecular weight excluding hydrogens is 357 g/mol. The smallest absolute Gasteiger partial charge is 0.225 e. The van der Waals surface area contributed by atoms with Gasteiger partial charge < -0.3 is 5.32 Å². The molecule has 1 aliphatic heterocycles. The van der Waals surface area contributed by atoms with Crippen molar-refractivity contribution in [3.8, 4) is 0 Å². The van der Waals surface area contributed by atoms with Gasteiger partial charge in [0, 0.05) is 22.2 Å². The van der Waals surface area contributed by atoms with E-state index in [1.54, 1.807) is 18.2 Å². The highest BCUT2D eigenvalue weighted by molar-refractivity contribution is 9.10. The highest BCUT2D eigenvalue weighted by atomic mass is 79.9. The Morgan fingerprint density at radius 3 is 2.48 bits per heavy atom. The van der Waals surface area contributed by atoms with E-state index < -0.39 is 0 Å². The van der Waals surface area contributed by atoms with Crippen LogP contribution in [0.2, 0.25) is 0 Å². The van der Waals surface area contributed by atoms with Crippen LogP contribution in [0.3, 0.4) is 0 Å². The molecule has 1 atom stereocenters. The van der Waals surface area contributed by atoms with Crippen molar-refractivity contribution in [2.24, 2.45) is 0 Å². The van der Waals surface area contributed by atoms with Crippen LogP contribution >= 0.6 is 15.9 Å². The van der Waals surface area contributed by atoms with Gasteiger partial charge in [-0.25, -0.2) is 4.39 Å². The molecule has 0 fully saturated rings. The number of carbonyl (C=O) groups is 1. The SMILES string of the molecule is O=C1C[C@@H](c2ccccc2F)c2cc(Br)c3ccccc3c2N1. The van der Waals surface area contributed by atoms with Crippen molar-refractivity contribution in [1.82, 2.24) is 0 Å². The van der Waals surface area contributed by atoms with Crippen LogP contribution in [0.15, 0.2) is 59.1 Å². The summed E-state index contributed by atoms with van der Waals surface area (Å²) in [7, 11) is 0. The van der Waals surface area contributed by atoms with Gasteiger partial charge in [-0.05, 0) is 28.6 Å². The predicted molar refractivity (Wildman–Crippen MR) is 93.1 cm³/mol. The van der Waals surface area contributed by atoms with Crippen molar-refractivity contribution in [3.05, 3.63) is 76.0 Å². The molecular formula is C19H13BrFNO. The summed E-state index contributed by atoms with van der Waals surface area (Å²) in [5.41, 5.74) is 2.29. The Labute approximate surface area is 141 Å². The van der Waals surface area contributed by atoms with Gasteiger partial charge in [0.05, 0.1) is 5.69 Å². The van der Waals surface area contributed by atoms with E-state index in [1.165, 1.54) is 6.07 Å². The fraction of sp³-hybridized carbons (Fsp3) is 0.105. The molecule has 0 bridgehead atoms. The lowest BCUT2D eigenvalue weighted by molar-refractivity contribution is -0.116. The minimum absolute atomic E-state index is 0.0850. The molecule has 4 heteroatoms. The van der Waals surface area contributed by atoms with Crippen LogP contribution in [0.25, 0.3) is 10.8 Å². The van der Waals surface area contributed by atoms with Crippen LogP contribution in [-0.4, -0.2) is 5.91 Å². The summed E-state index contributed by atoms with van der Waals surface area (Å²) < 4.78 is 15.2. The number of benzene rings is 3. The number of halogens is 2. The predicted octanol–water partition coefficient (Wildman–Crippen LogP) is 5.22. The zero-order valence-corrected chi connectivity index (χ0v) is 13.7. The zero-order chi connectivity index (χ0) is 16.0. The molecule has 0 saturated heterocycles. The first-order chi connectivity index (χ1) is 11.1. The molecule has 0 aliphatic carbocycles. The molecule has 114 valence electrons. The van der Waals surface area contributed by atoms with E-state index in [1.807, 2.05) is 30.3 Å². The number of amides is 1. The third-order valence-electron chi connectivity index (χ3n) is 4.33. The number of nitrogens with one attached hydrogen (secondary N) is 1. The average molecular weight is 370 g/mol. The summed E-state index contributed by atoms with van der Waals surface area (Å²) in [6.07, 6.45) is 0.249. The van der Waals surface area contributed by atoms with E-state index in [4.69, 9.17) is 0 Å². The molecule has 0 unspecified atom stereocenters. The molecule has 0 spiro atoms. The second kappa shape index (κ2) is 5.46. The number of hydrogen-bond donors (Lipinski definition) is 1. The third-order valence-corrected chi connectivity index (χ3v) is 4.99. The number of anilines is 1. The fourth-order valence-electron chi connectivity index (χ4n) is 3.29. The number of hydrogen-bond acceptors (Lipinski definition) is 1. The van der Waals surface area contributed by atoms with Crippen LogP contribution in [-0.2, 0) is 4.79 Å². The van der Waals surface area contributed by atoms with Gasteiger partial charge in [-0.3, -0.25) is 4.79 Å². The van der Waals surface area contributed by atoms with Crippen LogP contribution in [0.4, 0.5) is 10.1 Å². The maximum absolute atomic E-state index is 14.3. The Hall–Kier alpha value is -2.20. The average Bonchev–Trinajstić information content (AvgIpc) is 2.56. The molecule has 0 aromatic heterocycles. The first kappa shape index (κ1) is 14.4. The van der Waals surface area contributed by atoms with Crippen molar-refractivity contribution < 1.29 is 9.18 Å². The van der Waals surface area contributed by atoms with Crippen LogP contribution in [0.5, 0.6) is 0 Å². The monoisotopic (exact) mass is 369 g/mol. The molecule has 1 amide bonds. The Bertz CT molecular complexity index is 938. The van der Waals surface area contributed by atoms with Crippen LogP contribution < -0.4 is 5.32 Å². The third kappa shape index (κ3) is 2.34. The van der Waals surface area contributed by atoms with Gasteiger partial charge in [0.1, 0.15) is 5.82 Å². The molecule has 1 aliphatic rings. The van der Waals surface area contributed by atoms with Gasteiger partial charge >= 0.3 is 0 Å². The van der Waals surface area contributed by atoms with Gasteiger partial charge in [-0.15, -0.1) is 0 Å². The minimum Gasteiger partial charge on any atom is -0.325 e. The molecule has 0 saturated carbocycles. The molecule has 4 rings (SSSR count). The normalized spacial score (nSPS) is 17.0. The lowest BCUT2D eigenvalue weighted by Crippen LogP contribution is -2.24. The lowest BCUT2D eigenvalue weighted by Gasteiger charge is -2.28.